The predicted molar refractivity (Wildman–Crippen MR) is 87.3 cm³/mol. The number of thiophene rings is 1. The molecule has 23 heavy (non-hydrogen) atoms. The summed E-state index contributed by atoms with van der Waals surface area (Å²) in [7, 11) is 0. The van der Waals surface area contributed by atoms with Gasteiger partial charge in [-0.3, -0.25) is 0 Å². The summed E-state index contributed by atoms with van der Waals surface area (Å²) in [5.74, 6) is 0.627. The summed E-state index contributed by atoms with van der Waals surface area (Å²) in [6.07, 6.45) is 0. The van der Waals surface area contributed by atoms with Crippen LogP contribution in [-0.2, 0) is 0 Å². The molecule has 0 atom stereocenters. The number of hydrogen-bond acceptors (Lipinski definition) is 7. The van der Waals surface area contributed by atoms with Crippen molar-refractivity contribution in [3.05, 3.63) is 44.2 Å². The SMILES string of the molecule is Cc1ccc(Oc2nc(C)nc3sc(C)c(C)c23)c([N+](=O)[O-])n1. The second kappa shape index (κ2) is 5.54. The monoisotopic (exact) mass is 330 g/mol. The maximum absolute atomic E-state index is 11.2. The Morgan fingerprint density at radius 1 is 1.13 bits per heavy atom. The van der Waals surface area contributed by atoms with E-state index in [2.05, 4.69) is 15.0 Å². The maximum Gasteiger partial charge on any atom is 0.407 e. The first-order valence-electron chi connectivity index (χ1n) is 6.91. The van der Waals surface area contributed by atoms with Crippen LogP contribution >= 0.6 is 11.3 Å². The fourth-order valence-electron chi connectivity index (χ4n) is 2.23. The van der Waals surface area contributed by atoms with Gasteiger partial charge in [-0.25, -0.2) is 4.98 Å². The third-order valence-electron chi connectivity index (χ3n) is 3.47. The van der Waals surface area contributed by atoms with Gasteiger partial charge in [0.15, 0.2) is 0 Å². The summed E-state index contributed by atoms with van der Waals surface area (Å²) in [5.41, 5.74) is 1.57. The molecule has 0 fully saturated rings. The first-order chi connectivity index (χ1) is 10.9. The first-order valence-corrected chi connectivity index (χ1v) is 7.72. The highest BCUT2D eigenvalue weighted by molar-refractivity contribution is 7.18. The van der Waals surface area contributed by atoms with Gasteiger partial charge in [-0.15, -0.1) is 11.3 Å². The van der Waals surface area contributed by atoms with Gasteiger partial charge in [0.05, 0.1) is 5.39 Å². The van der Waals surface area contributed by atoms with Gasteiger partial charge in [0, 0.05) is 11.8 Å². The van der Waals surface area contributed by atoms with E-state index in [1.54, 1.807) is 31.3 Å². The van der Waals surface area contributed by atoms with Crippen LogP contribution in [0.4, 0.5) is 5.82 Å². The molecule has 0 aromatic carbocycles. The lowest BCUT2D eigenvalue weighted by molar-refractivity contribution is -0.390. The third-order valence-corrected chi connectivity index (χ3v) is 4.57. The molecule has 3 heterocycles. The highest BCUT2D eigenvalue weighted by Crippen LogP contribution is 2.38. The molecule has 0 amide bonds. The van der Waals surface area contributed by atoms with Crippen molar-refractivity contribution in [1.82, 2.24) is 15.0 Å². The van der Waals surface area contributed by atoms with E-state index in [4.69, 9.17) is 4.74 Å². The van der Waals surface area contributed by atoms with Crippen LogP contribution in [0.3, 0.4) is 0 Å². The lowest BCUT2D eigenvalue weighted by Gasteiger charge is -2.07. The molecule has 0 bridgehead atoms. The smallest absolute Gasteiger partial charge is 0.407 e. The minimum Gasteiger partial charge on any atom is -0.429 e. The molecule has 0 radical (unpaired) electrons. The van der Waals surface area contributed by atoms with E-state index in [1.807, 2.05) is 13.8 Å². The van der Waals surface area contributed by atoms with Gasteiger partial charge in [0.25, 0.3) is 0 Å². The maximum atomic E-state index is 11.2. The fourth-order valence-corrected chi connectivity index (χ4v) is 3.30. The van der Waals surface area contributed by atoms with Crippen LogP contribution in [0.1, 0.15) is 22.0 Å². The van der Waals surface area contributed by atoms with E-state index >= 15 is 0 Å². The molecule has 0 N–H and O–H groups in total. The summed E-state index contributed by atoms with van der Waals surface area (Å²) < 4.78 is 5.77. The summed E-state index contributed by atoms with van der Waals surface area (Å²) in [4.78, 5) is 25.2. The first kappa shape index (κ1) is 15.3. The fraction of sp³-hybridized carbons (Fsp3) is 0.267. The molecule has 118 valence electrons. The second-order valence-electron chi connectivity index (χ2n) is 5.17. The van der Waals surface area contributed by atoms with Gasteiger partial charge >= 0.3 is 5.82 Å². The quantitative estimate of drug-likeness (QED) is 0.532. The number of nitro groups is 1. The molecule has 0 aliphatic heterocycles. The topological polar surface area (TPSA) is 91.0 Å². The molecular formula is C15H14N4O3S. The molecule has 0 unspecified atom stereocenters. The highest BCUT2D eigenvalue weighted by atomic mass is 32.1. The van der Waals surface area contributed by atoms with Crippen LogP contribution in [0.2, 0.25) is 0 Å². The average molecular weight is 330 g/mol. The van der Waals surface area contributed by atoms with Crippen LogP contribution < -0.4 is 4.74 Å². The standard InChI is InChI=1S/C15H14N4O3S/c1-7-5-6-11(13(16-7)19(20)21)22-14-12-8(2)9(3)23-15(12)18-10(4)17-14/h5-6H,1-4H3. The number of pyridine rings is 1. The van der Waals surface area contributed by atoms with E-state index in [9.17, 15) is 10.1 Å². The summed E-state index contributed by atoms with van der Waals surface area (Å²) in [6, 6.07) is 3.21. The highest BCUT2D eigenvalue weighted by Gasteiger charge is 2.21. The molecule has 0 aliphatic carbocycles. The van der Waals surface area contributed by atoms with Gasteiger partial charge in [-0.05, 0) is 48.4 Å². The molecule has 0 saturated heterocycles. The van der Waals surface area contributed by atoms with Gasteiger partial charge in [-0.2, -0.15) is 4.98 Å². The van der Waals surface area contributed by atoms with Crippen molar-refractivity contribution in [3.63, 3.8) is 0 Å². The van der Waals surface area contributed by atoms with Crippen molar-refractivity contribution >= 4 is 27.4 Å². The third kappa shape index (κ3) is 2.72. The van der Waals surface area contributed by atoms with Crippen LogP contribution in [-0.4, -0.2) is 19.9 Å². The Labute approximate surface area is 136 Å². The Morgan fingerprint density at radius 2 is 1.87 bits per heavy atom. The molecule has 7 nitrogen and oxygen atoms in total. The number of nitrogens with zero attached hydrogens (tertiary/aromatic N) is 4. The predicted octanol–water partition coefficient (Wildman–Crippen LogP) is 4.02. The van der Waals surface area contributed by atoms with Crippen molar-refractivity contribution in [2.45, 2.75) is 27.7 Å². The van der Waals surface area contributed by atoms with E-state index < -0.39 is 4.92 Å². The zero-order chi connectivity index (χ0) is 16.7. The summed E-state index contributed by atoms with van der Waals surface area (Å²) in [6.45, 7) is 7.41. The zero-order valence-corrected chi connectivity index (χ0v) is 13.9. The van der Waals surface area contributed by atoms with Crippen molar-refractivity contribution in [3.8, 4) is 11.6 Å². The van der Waals surface area contributed by atoms with Crippen LogP contribution in [0.15, 0.2) is 12.1 Å². The largest absolute Gasteiger partial charge is 0.429 e. The number of rotatable bonds is 3. The van der Waals surface area contributed by atoms with Crippen LogP contribution in [0.25, 0.3) is 10.2 Å². The minimum atomic E-state index is -0.556. The molecule has 3 aromatic rings. The van der Waals surface area contributed by atoms with Crippen molar-refractivity contribution < 1.29 is 9.66 Å². The van der Waals surface area contributed by atoms with Gasteiger partial charge in [0.2, 0.25) is 11.6 Å². The van der Waals surface area contributed by atoms with Crippen molar-refractivity contribution in [2.75, 3.05) is 0 Å². The lowest BCUT2D eigenvalue weighted by atomic mass is 10.2. The Morgan fingerprint density at radius 3 is 2.57 bits per heavy atom. The molecule has 3 aromatic heterocycles. The molecule has 0 saturated carbocycles. The van der Waals surface area contributed by atoms with E-state index in [1.165, 1.54) is 6.07 Å². The minimum absolute atomic E-state index is 0.0725. The van der Waals surface area contributed by atoms with Gasteiger partial charge in [0.1, 0.15) is 16.3 Å². The van der Waals surface area contributed by atoms with E-state index in [0.717, 1.165) is 20.7 Å². The number of fused-ring (bicyclic) bond motifs is 1. The van der Waals surface area contributed by atoms with Gasteiger partial charge in [-0.1, -0.05) is 0 Å². The Balaban J connectivity index is 2.18. The lowest BCUT2D eigenvalue weighted by Crippen LogP contribution is -2.00. The van der Waals surface area contributed by atoms with Crippen molar-refractivity contribution in [2.24, 2.45) is 0 Å². The van der Waals surface area contributed by atoms with Crippen LogP contribution in [0.5, 0.6) is 11.6 Å². The zero-order valence-electron chi connectivity index (χ0n) is 13.1. The molecule has 0 aliphatic rings. The van der Waals surface area contributed by atoms with Crippen LogP contribution in [0, 0.1) is 37.8 Å². The molecule has 8 heteroatoms. The number of ether oxygens (including phenoxy) is 1. The van der Waals surface area contributed by atoms with Crippen molar-refractivity contribution in [1.29, 1.82) is 0 Å². The molecular weight excluding hydrogens is 316 g/mol. The second-order valence-corrected chi connectivity index (χ2v) is 6.38. The van der Waals surface area contributed by atoms with E-state index in [-0.39, 0.29) is 11.6 Å². The Bertz CT molecular complexity index is 936. The normalized spacial score (nSPS) is 11.0. The number of aryl methyl sites for hydroxylation is 4. The van der Waals surface area contributed by atoms with Gasteiger partial charge < -0.3 is 14.9 Å². The number of aromatic nitrogens is 3. The summed E-state index contributed by atoms with van der Waals surface area (Å²) in [5, 5.41) is 12.0. The van der Waals surface area contributed by atoms with E-state index in [0.29, 0.717) is 17.4 Å². The Kier molecular flexibility index (Phi) is 3.69. The Hall–Kier alpha value is -2.61. The number of hydrogen-bond donors (Lipinski definition) is 0. The summed E-state index contributed by atoms with van der Waals surface area (Å²) >= 11 is 1.55. The molecule has 0 spiro atoms. The molecule has 3 rings (SSSR count). The average Bonchev–Trinajstić information content (AvgIpc) is 2.75.